The second-order valence-corrected chi connectivity index (χ2v) is 10.4. The number of carboxylic acids is 1. The second-order valence-electron chi connectivity index (χ2n) is 9.94. The summed E-state index contributed by atoms with van der Waals surface area (Å²) >= 11 is 5.24. The lowest BCUT2D eigenvalue weighted by atomic mass is 10.1. The molecule has 1 rings (SSSR count). The van der Waals surface area contributed by atoms with Crippen molar-refractivity contribution in [3.8, 4) is 0 Å². The average molecular weight is 538 g/mol. The van der Waals surface area contributed by atoms with E-state index in [1.165, 1.54) is 102 Å². The number of rotatable bonds is 22. The van der Waals surface area contributed by atoms with Gasteiger partial charge in [0.25, 0.3) is 0 Å². The molecule has 2 N–H and O–H groups in total. The van der Waals surface area contributed by atoms with E-state index in [-0.39, 0.29) is 16.7 Å². The first-order valence-electron chi connectivity index (χ1n) is 14.7. The summed E-state index contributed by atoms with van der Waals surface area (Å²) in [5.41, 5.74) is 0.873. The van der Waals surface area contributed by atoms with Gasteiger partial charge in [-0.25, -0.2) is 4.79 Å². The zero-order chi connectivity index (χ0) is 27.6. The molecule has 0 heterocycles. The molecule has 212 valence electrons. The molecule has 5 nitrogen and oxygen atoms in total. The summed E-state index contributed by atoms with van der Waals surface area (Å²) in [5, 5.41) is 11.4. The number of carboxylic acid groups (broad SMARTS) is 1. The van der Waals surface area contributed by atoms with Crippen molar-refractivity contribution in [2.75, 3.05) is 5.32 Å². The molecule has 6 heteroatoms. The third kappa shape index (κ3) is 24.2. The van der Waals surface area contributed by atoms with Gasteiger partial charge in [0, 0.05) is 18.5 Å². The van der Waals surface area contributed by atoms with Gasteiger partial charge in [0.05, 0.1) is 5.56 Å². The minimum Gasteiger partial charge on any atom is -0.478 e. The first-order chi connectivity index (χ1) is 17.9. The Balaban J connectivity index is 0.000000795. The number of carbonyl (C=O) groups is 3. The minimum absolute atomic E-state index is 0.00368. The van der Waals surface area contributed by atoms with Crippen LogP contribution in [0, 0.1) is 0 Å². The third-order valence-corrected chi connectivity index (χ3v) is 6.59. The number of unbranched alkanes of at least 4 members (excludes halogenated alkanes) is 16. The summed E-state index contributed by atoms with van der Waals surface area (Å²) in [6.07, 6.45) is 23.7. The lowest BCUT2D eigenvalue weighted by molar-refractivity contribution is -0.116. The van der Waals surface area contributed by atoms with Crippen LogP contribution in [0.3, 0.4) is 0 Å². The van der Waals surface area contributed by atoms with Crippen molar-refractivity contribution < 1.29 is 19.5 Å². The standard InChI is InChI=1S/C19H29NO3.C12H23ClO/c1-2-3-4-5-6-7-8-9-10-11-18(21)20-17-14-12-16(13-15-17)19(22)23;1-2-3-4-5-6-7-8-9-10-11-12(13)14/h12-15H,2-11H2,1H3,(H,20,21)(H,22,23);2-11H2,1H3. The topological polar surface area (TPSA) is 83.5 Å². The van der Waals surface area contributed by atoms with E-state index in [0.717, 1.165) is 25.7 Å². The predicted molar refractivity (Wildman–Crippen MR) is 157 cm³/mol. The maximum atomic E-state index is 11.8. The van der Waals surface area contributed by atoms with Gasteiger partial charge in [-0.05, 0) is 48.7 Å². The number of halogens is 1. The lowest BCUT2D eigenvalue weighted by Crippen LogP contribution is -2.11. The Hall–Kier alpha value is -1.88. The smallest absolute Gasteiger partial charge is 0.335 e. The molecule has 0 bridgehead atoms. The van der Waals surface area contributed by atoms with Crippen LogP contribution in [0.1, 0.15) is 153 Å². The van der Waals surface area contributed by atoms with E-state index in [9.17, 15) is 14.4 Å². The van der Waals surface area contributed by atoms with Gasteiger partial charge >= 0.3 is 5.97 Å². The molecular formula is C31H52ClNO4. The van der Waals surface area contributed by atoms with Crippen LogP contribution in [-0.2, 0) is 9.59 Å². The van der Waals surface area contributed by atoms with Gasteiger partial charge in [0.15, 0.2) is 0 Å². The monoisotopic (exact) mass is 537 g/mol. The number of benzene rings is 1. The van der Waals surface area contributed by atoms with Crippen LogP contribution >= 0.6 is 11.6 Å². The molecular weight excluding hydrogens is 486 g/mol. The van der Waals surface area contributed by atoms with E-state index in [2.05, 4.69) is 19.2 Å². The van der Waals surface area contributed by atoms with Gasteiger partial charge in [-0.3, -0.25) is 9.59 Å². The SMILES string of the molecule is CCCCCCCCCCCC(=O)Cl.CCCCCCCCCCCC(=O)Nc1ccc(C(=O)O)cc1. The molecule has 0 atom stereocenters. The number of carbonyl (C=O) groups excluding carboxylic acids is 2. The summed E-state index contributed by atoms with van der Waals surface area (Å²) in [4.78, 5) is 33.0. The molecule has 0 fully saturated rings. The molecule has 0 aliphatic carbocycles. The van der Waals surface area contributed by atoms with Crippen molar-refractivity contribution in [3.05, 3.63) is 29.8 Å². The number of anilines is 1. The van der Waals surface area contributed by atoms with Crippen molar-refractivity contribution in [2.45, 2.75) is 142 Å². The molecule has 0 spiro atoms. The Morgan fingerprint density at radius 3 is 1.38 bits per heavy atom. The van der Waals surface area contributed by atoms with Crippen LogP contribution in [-0.4, -0.2) is 22.2 Å². The fraction of sp³-hybridized carbons (Fsp3) is 0.710. The first kappa shape index (κ1) is 35.1. The van der Waals surface area contributed by atoms with Crippen molar-refractivity contribution in [2.24, 2.45) is 0 Å². The Kier molecular flexibility index (Phi) is 24.4. The van der Waals surface area contributed by atoms with E-state index < -0.39 is 5.97 Å². The van der Waals surface area contributed by atoms with Gasteiger partial charge in [0.1, 0.15) is 0 Å². The number of hydrogen-bond acceptors (Lipinski definition) is 3. The Morgan fingerprint density at radius 2 is 1.00 bits per heavy atom. The fourth-order valence-corrected chi connectivity index (χ4v) is 4.22. The molecule has 0 saturated carbocycles. The first-order valence-corrected chi connectivity index (χ1v) is 15.1. The second kappa shape index (κ2) is 25.8. The predicted octanol–water partition coefficient (Wildman–Crippen LogP) is 9.92. The summed E-state index contributed by atoms with van der Waals surface area (Å²) in [5.74, 6) is -0.964. The number of aromatic carboxylic acids is 1. The minimum atomic E-state index is -0.961. The van der Waals surface area contributed by atoms with Gasteiger partial charge in [-0.1, -0.05) is 117 Å². The highest BCUT2D eigenvalue weighted by atomic mass is 35.5. The van der Waals surface area contributed by atoms with Crippen LogP contribution < -0.4 is 5.32 Å². The number of nitrogens with one attached hydrogen (secondary N) is 1. The van der Waals surface area contributed by atoms with E-state index in [1.54, 1.807) is 12.1 Å². The molecule has 0 aromatic heterocycles. The summed E-state index contributed by atoms with van der Waals surface area (Å²) in [6, 6.07) is 6.24. The lowest BCUT2D eigenvalue weighted by Gasteiger charge is -2.06. The van der Waals surface area contributed by atoms with Crippen molar-refractivity contribution in [1.82, 2.24) is 0 Å². The third-order valence-electron chi connectivity index (χ3n) is 6.40. The van der Waals surface area contributed by atoms with Crippen LogP contribution in [0.15, 0.2) is 24.3 Å². The summed E-state index contributed by atoms with van der Waals surface area (Å²) in [6.45, 7) is 4.47. The maximum absolute atomic E-state index is 11.8. The number of hydrogen-bond donors (Lipinski definition) is 2. The van der Waals surface area contributed by atoms with Crippen LogP contribution in [0.25, 0.3) is 0 Å². The number of amides is 1. The zero-order valence-corrected chi connectivity index (χ0v) is 24.3. The van der Waals surface area contributed by atoms with E-state index in [4.69, 9.17) is 16.7 Å². The van der Waals surface area contributed by atoms with E-state index in [0.29, 0.717) is 18.5 Å². The van der Waals surface area contributed by atoms with Gasteiger partial charge < -0.3 is 10.4 Å². The van der Waals surface area contributed by atoms with Crippen LogP contribution in [0.4, 0.5) is 5.69 Å². The molecule has 1 aromatic carbocycles. The molecule has 0 aliphatic rings. The van der Waals surface area contributed by atoms with E-state index >= 15 is 0 Å². The maximum Gasteiger partial charge on any atom is 0.335 e. The summed E-state index contributed by atoms with van der Waals surface area (Å²) < 4.78 is 0. The van der Waals surface area contributed by atoms with E-state index in [1.807, 2.05) is 0 Å². The Labute approximate surface area is 231 Å². The average Bonchev–Trinajstić information content (AvgIpc) is 2.87. The fourth-order valence-electron chi connectivity index (χ4n) is 4.09. The molecule has 1 amide bonds. The summed E-state index contributed by atoms with van der Waals surface area (Å²) in [7, 11) is 0. The molecule has 37 heavy (non-hydrogen) atoms. The van der Waals surface area contributed by atoms with Crippen molar-refractivity contribution in [3.63, 3.8) is 0 Å². The highest BCUT2D eigenvalue weighted by Gasteiger charge is 2.05. The Bertz CT molecular complexity index is 706. The quantitative estimate of drug-likeness (QED) is 0.114. The van der Waals surface area contributed by atoms with Crippen LogP contribution in [0.2, 0.25) is 0 Å². The largest absolute Gasteiger partial charge is 0.478 e. The normalized spacial score (nSPS) is 10.5. The molecule has 0 saturated heterocycles. The van der Waals surface area contributed by atoms with Gasteiger partial charge in [-0.2, -0.15) is 0 Å². The highest BCUT2D eigenvalue weighted by Crippen LogP contribution is 2.13. The van der Waals surface area contributed by atoms with Crippen LogP contribution in [0.5, 0.6) is 0 Å². The molecule has 0 unspecified atom stereocenters. The van der Waals surface area contributed by atoms with Crippen molar-refractivity contribution in [1.29, 1.82) is 0 Å². The highest BCUT2D eigenvalue weighted by molar-refractivity contribution is 6.63. The molecule has 0 radical (unpaired) electrons. The van der Waals surface area contributed by atoms with Gasteiger partial charge in [-0.15, -0.1) is 0 Å². The van der Waals surface area contributed by atoms with Crippen molar-refractivity contribution >= 4 is 34.4 Å². The molecule has 0 aliphatic heterocycles. The Morgan fingerprint density at radius 1 is 0.622 bits per heavy atom. The zero-order valence-electron chi connectivity index (χ0n) is 23.5. The van der Waals surface area contributed by atoms with Gasteiger partial charge in [0.2, 0.25) is 11.1 Å². The molecule has 1 aromatic rings.